The Labute approximate surface area is 233 Å². The van der Waals surface area contributed by atoms with E-state index in [1.165, 1.54) is 34.6 Å². The summed E-state index contributed by atoms with van der Waals surface area (Å²) in [6.07, 6.45) is -28.0. The van der Waals surface area contributed by atoms with Crippen LogP contribution in [0.2, 0.25) is 0 Å². The summed E-state index contributed by atoms with van der Waals surface area (Å²) in [4.78, 5) is 0. The van der Waals surface area contributed by atoms with Crippen molar-refractivity contribution in [1.82, 2.24) is 0 Å². The van der Waals surface area contributed by atoms with Crippen molar-refractivity contribution in [3.8, 4) is 0 Å². The van der Waals surface area contributed by atoms with Crippen molar-refractivity contribution in [2.75, 3.05) is 13.2 Å². The number of ether oxygens (including phenoxy) is 4. The van der Waals surface area contributed by atoms with E-state index >= 15 is 0 Å². The Morgan fingerprint density at radius 1 is 0.619 bits per heavy atom. The van der Waals surface area contributed by atoms with Gasteiger partial charge in [0.25, 0.3) is 0 Å². The topological polar surface area (TPSA) is 36.9 Å². The molecule has 0 saturated carbocycles. The van der Waals surface area contributed by atoms with E-state index in [4.69, 9.17) is 9.47 Å². The molecule has 0 spiro atoms. The highest BCUT2D eigenvalue weighted by Crippen LogP contribution is 2.59. The Morgan fingerprint density at radius 3 is 1.31 bits per heavy atom. The predicted octanol–water partition coefficient (Wildman–Crippen LogP) is 8.92. The maximum Gasteiger partial charge on any atom is 0.437 e. The minimum absolute atomic E-state index is 0.0529. The second kappa shape index (κ2) is 13.1. The van der Waals surface area contributed by atoms with E-state index in [0.29, 0.717) is 0 Å². The first-order chi connectivity index (χ1) is 18.7. The molecule has 0 bridgehead atoms. The average Bonchev–Trinajstić information content (AvgIpc) is 3.12. The van der Waals surface area contributed by atoms with Crippen LogP contribution in [0.4, 0.5) is 61.5 Å². The maximum absolute atomic E-state index is 14.3. The molecule has 0 aromatic carbocycles. The molecule has 2 aliphatic heterocycles. The van der Waals surface area contributed by atoms with E-state index in [-0.39, 0.29) is 25.7 Å². The SMILES string of the molecule is CCCOC1(C(F)(C(F)(F)F)C(F)(F)F)CC(C)C(C)O1.CCCOC1(C(F)(C(F)(F)F)C(F)(F)F)CCCC(C)O1. The van der Waals surface area contributed by atoms with E-state index in [1.807, 2.05) is 0 Å². The van der Waals surface area contributed by atoms with Crippen LogP contribution in [0.5, 0.6) is 0 Å². The van der Waals surface area contributed by atoms with Gasteiger partial charge < -0.3 is 18.9 Å². The Kier molecular flexibility index (Phi) is 12.1. The summed E-state index contributed by atoms with van der Waals surface area (Å²) in [5, 5.41) is 0. The highest BCUT2D eigenvalue weighted by Gasteiger charge is 2.85. The number of hydrogen-bond acceptors (Lipinski definition) is 4. The third-order valence-electron chi connectivity index (χ3n) is 6.97. The second-order valence-corrected chi connectivity index (χ2v) is 10.3. The summed E-state index contributed by atoms with van der Waals surface area (Å²) in [5.41, 5.74) is -11.2. The van der Waals surface area contributed by atoms with Crippen LogP contribution >= 0.6 is 0 Å². The predicted molar refractivity (Wildman–Crippen MR) is 119 cm³/mol. The van der Waals surface area contributed by atoms with Gasteiger partial charge in [-0.3, -0.25) is 0 Å². The third kappa shape index (κ3) is 7.05. The van der Waals surface area contributed by atoms with Crippen molar-refractivity contribution in [2.45, 2.75) is 133 Å². The summed E-state index contributed by atoms with van der Waals surface area (Å²) in [6.45, 7) is 5.99. The maximum atomic E-state index is 14.3. The van der Waals surface area contributed by atoms with Crippen LogP contribution in [0.1, 0.15) is 73.1 Å². The lowest BCUT2D eigenvalue weighted by Gasteiger charge is -2.48. The van der Waals surface area contributed by atoms with Gasteiger partial charge in [0, 0.05) is 26.1 Å². The molecule has 2 saturated heterocycles. The van der Waals surface area contributed by atoms with Crippen molar-refractivity contribution in [3.63, 3.8) is 0 Å². The van der Waals surface area contributed by atoms with E-state index in [2.05, 4.69) is 9.47 Å². The Hall–Kier alpha value is -1.14. The molecule has 5 atom stereocenters. The van der Waals surface area contributed by atoms with Gasteiger partial charge in [-0.1, -0.05) is 20.8 Å². The third-order valence-corrected chi connectivity index (χ3v) is 6.97. The van der Waals surface area contributed by atoms with E-state index in [1.54, 1.807) is 0 Å². The molecule has 0 aromatic rings. The Morgan fingerprint density at radius 2 is 1.00 bits per heavy atom. The van der Waals surface area contributed by atoms with Gasteiger partial charge in [0.05, 0.1) is 12.2 Å². The molecule has 252 valence electrons. The monoisotopic (exact) mass is 652 g/mol. The van der Waals surface area contributed by atoms with Crippen LogP contribution < -0.4 is 0 Å². The van der Waals surface area contributed by atoms with Crippen LogP contribution in [0.25, 0.3) is 0 Å². The van der Waals surface area contributed by atoms with E-state index in [0.717, 1.165) is 0 Å². The minimum atomic E-state index is -6.21. The van der Waals surface area contributed by atoms with Gasteiger partial charge in [-0.2, -0.15) is 52.7 Å². The van der Waals surface area contributed by atoms with Crippen LogP contribution in [-0.4, -0.2) is 73.0 Å². The smallest absolute Gasteiger partial charge is 0.346 e. The van der Waals surface area contributed by atoms with Crippen LogP contribution in [-0.2, 0) is 18.9 Å². The largest absolute Gasteiger partial charge is 0.437 e. The quantitative estimate of drug-likeness (QED) is 0.246. The first kappa shape index (κ1) is 38.9. The lowest BCUT2D eigenvalue weighted by Crippen LogP contribution is -2.71. The van der Waals surface area contributed by atoms with Crippen LogP contribution in [0.15, 0.2) is 0 Å². The zero-order chi connectivity index (χ0) is 33.2. The van der Waals surface area contributed by atoms with Crippen LogP contribution in [0.3, 0.4) is 0 Å². The molecular formula is C24H34F14O4. The van der Waals surface area contributed by atoms with Gasteiger partial charge in [-0.25, -0.2) is 8.78 Å². The van der Waals surface area contributed by atoms with Crippen molar-refractivity contribution >= 4 is 0 Å². The fourth-order valence-electron chi connectivity index (χ4n) is 4.71. The molecule has 0 aliphatic carbocycles. The first-order valence-corrected chi connectivity index (χ1v) is 13.0. The lowest BCUT2D eigenvalue weighted by molar-refractivity contribution is -0.453. The number of hydrogen-bond donors (Lipinski definition) is 0. The van der Waals surface area contributed by atoms with Gasteiger partial charge in [-0.05, 0) is 45.4 Å². The summed E-state index contributed by atoms with van der Waals surface area (Å²) in [5.74, 6) is -7.50. The molecule has 2 fully saturated rings. The summed E-state index contributed by atoms with van der Waals surface area (Å²) >= 11 is 0. The molecule has 0 N–H and O–H groups in total. The van der Waals surface area contributed by atoms with Crippen molar-refractivity contribution in [2.24, 2.45) is 5.92 Å². The zero-order valence-corrected chi connectivity index (χ0v) is 23.3. The fraction of sp³-hybridized carbons (Fsp3) is 1.00. The van der Waals surface area contributed by atoms with Gasteiger partial charge in [-0.15, -0.1) is 0 Å². The Bertz CT molecular complexity index is 767. The summed E-state index contributed by atoms with van der Waals surface area (Å²) < 4.78 is 203. The zero-order valence-electron chi connectivity index (χ0n) is 23.3. The molecule has 4 nitrogen and oxygen atoms in total. The summed E-state index contributed by atoms with van der Waals surface area (Å²) in [6, 6.07) is 0. The number of halogens is 14. The van der Waals surface area contributed by atoms with Crippen molar-refractivity contribution in [3.05, 3.63) is 0 Å². The Balaban J connectivity index is 0.000000420. The highest BCUT2D eigenvalue weighted by molar-refractivity contribution is 5.10. The van der Waals surface area contributed by atoms with Gasteiger partial charge in [0.1, 0.15) is 0 Å². The molecule has 42 heavy (non-hydrogen) atoms. The molecule has 2 rings (SSSR count). The molecule has 0 aromatic heterocycles. The molecule has 18 heteroatoms. The second-order valence-electron chi connectivity index (χ2n) is 10.3. The minimum Gasteiger partial charge on any atom is -0.346 e. The van der Waals surface area contributed by atoms with Gasteiger partial charge >= 0.3 is 36.0 Å². The molecule has 2 heterocycles. The van der Waals surface area contributed by atoms with Gasteiger partial charge in [0.2, 0.25) is 11.6 Å². The highest BCUT2D eigenvalue weighted by atomic mass is 19.4. The van der Waals surface area contributed by atoms with Gasteiger partial charge in [0.15, 0.2) is 0 Å². The standard InChI is InChI=1S/2C12H17F7O2/c1-4-5-20-9(6-7(2)8(3)21-9)10(13,11(14,15)16)12(17,18)19;1-3-7-20-9(6-4-5-8(2)21-9)10(13,11(14,15)16)12(17,18)19/h7-8H,4-6H2,1-3H3;8H,3-7H2,1-2H3. The van der Waals surface area contributed by atoms with E-state index in [9.17, 15) is 61.5 Å². The van der Waals surface area contributed by atoms with Crippen molar-refractivity contribution < 1.29 is 80.4 Å². The van der Waals surface area contributed by atoms with Crippen molar-refractivity contribution in [1.29, 1.82) is 0 Å². The molecule has 0 radical (unpaired) electrons. The van der Waals surface area contributed by atoms with Crippen LogP contribution in [0, 0.1) is 5.92 Å². The number of alkyl halides is 14. The van der Waals surface area contributed by atoms with E-state index < -0.39 is 91.8 Å². The molecular weight excluding hydrogens is 618 g/mol. The lowest BCUT2D eigenvalue weighted by atomic mass is 9.85. The molecule has 0 amide bonds. The summed E-state index contributed by atoms with van der Waals surface area (Å²) in [7, 11) is 0. The number of rotatable bonds is 8. The molecule has 2 aliphatic rings. The molecule has 5 unspecified atom stereocenters. The fourth-order valence-corrected chi connectivity index (χ4v) is 4.71. The normalized spacial score (nSPS) is 30.2. The average molecular weight is 653 g/mol. The first-order valence-electron chi connectivity index (χ1n) is 13.0.